The van der Waals surface area contributed by atoms with Crippen LogP contribution in [0.3, 0.4) is 0 Å². The number of imidazole rings is 1. The highest BCUT2D eigenvalue weighted by Gasteiger charge is 2.29. The maximum Gasteiger partial charge on any atom is 0.410 e. The molecule has 0 aromatic carbocycles. The SMILES string of the molecule is Cc1nc(C(=O)O)c2n1CCCN(C(=O)OC(C)(C)C)C2. The second kappa shape index (κ2) is 5.38. The highest BCUT2D eigenvalue weighted by molar-refractivity contribution is 5.87. The topological polar surface area (TPSA) is 84.7 Å². The predicted octanol–water partition coefficient (Wildman–Crippen LogP) is 2.03. The molecule has 0 saturated heterocycles. The van der Waals surface area contributed by atoms with E-state index in [4.69, 9.17) is 4.74 Å². The second-order valence-electron chi connectivity index (χ2n) is 6.17. The molecule has 1 aromatic rings. The Labute approximate surface area is 123 Å². The average Bonchev–Trinajstić information content (AvgIpc) is 2.54. The van der Waals surface area contributed by atoms with Crippen LogP contribution in [0, 0.1) is 6.92 Å². The summed E-state index contributed by atoms with van der Waals surface area (Å²) in [4.78, 5) is 29.1. The molecule has 1 N–H and O–H groups in total. The van der Waals surface area contributed by atoms with Crippen molar-refractivity contribution in [1.82, 2.24) is 14.5 Å². The predicted molar refractivity (Wildman–Crippen MR) is 75.2 cm³/mol. The Hall–Kier alpha value is -2.05. The largest absolute Gasteiger partial charge is 0.476 e. The van der Waals surface area contributed by atoms with Crippen molar-refractivity contribution in [1.29, 1.82) is 0 Å². The minimum absolute atomic E-state index is 0.0166. The standard InChI is InChI=1S/C14H21N3O4/c1-9-15-11(12(18)19)10-8-16(6-5-7-17(9)10)13(20)21-14(2,3)4/h5-8H2,1-4H3,(H,18,19). The Bertz CT molecular complexity index is 572. The molecule has 1 aliphatic heterocycles. The van der Waals surface area contributed by atoms with Crippen molar-refractivity contribution in [3.63, 3.8) is 0 Å². The highest BCUT2D eigenvalue weighted by Crippen LogP contribution is 2.20. The fraction of sp³-hybridized carbons (Fsp3) is 0.643. The van der Waals surface area contributed by atoms with Crippen LogP contribution in [-0.2, 0) is 17.8 Å². The van der Waals surface area contributed by atoms with Gasteiger partial charge in [-0.1, -0.05) is 0 Å². The fourth-order valence-corrected chi connectivity index (χ4v) is 2.40. The van der Waals surface area contributed by atoms with Gasteiger partial charge in [-0.05, 0) is 34.1 Å². The van der Waals surface area contributed by atoms with Crippen LogP contribution < -0.4 is 0 Å². The van der Waals surface area contributed by atoms with Gasteiger partial charge in [0.05, 0.1) is 12.2 Å². The van der Waals surface area contributed by atoms with Gasteiger partial charge >= 0.3 is 12.1 Å². The van der Waals surface area contributed by atoms with Crippen molar-refractivity contribution < 1.29 is 19.4 Å². The van der Waals surface area contributed by atoms with E-state index >= 15 is 0 Å². The third kappa shape index (κ3) is 3.34. The van der Waals surface area contributed by atoms with E-state index in [0.29, 0.717) is 24.6 Å². The van der Waals surface area contributed by atoms with Crippen molar-refractivity contribution in [2.24, 2.45) is 0 Å². The number of aromatic carboxylic acids is 1. The molecule has 0 spiro atoms. The van der Waals surface area contributed by atoms with Crippen LogP contribution in [0.1, 0.15) is 49.2 Å². The normalized spacial score (nSPS) is 15.3. The second-order valence-corrected chi connectivity index (χ2v) is 6.17. The number of carbonyl (C=O) groups excluding carboxylic acids is 1. The van der Waals surface area contributed by atoms with Crippen LogP contribution in [0.25, 0.3) is 0 Å². The Morgan fingerprint density at radius 1 is 1.29 bits per heavy atom. The molecule has 0 aliphatic carbocycles. The van der Waals surface area contributed by atoms with Crippen molar-refractivity contribution in [2.75, 3.05) is 6.54 Å². The van der Waals surface area contributed by atoms with Crippen LogP contribution in [0.5, 0.6) is 0 Å². The molecule has 2 rings (SSSR count). The lowest BCUT2D eigenvalue weighted by Crippen LogP contribution is -2.36. The number of aryl methyl sites for hydroxylation is 1. The first-order chi connectivity index (χ1) is 9.69. The molecule has 116 valence electrons. The summed E-state index contributed by atoms with van der Waals surface area (Å²) in [6, 6.07) is 0. The first kappa shape index (κ1) is 15.3. The summed E-state index contributed by atoms with van der Waals surface area (Å²) in [7, 11) is 0. The quantitative estimate of drug-likeness (QED) is 0.857. The summed E-state index contributed by atoms with van der Waals surface area (Å²) in [6.07, 6.45) is 0.314. The summed E-state index contributed by atoms with van der Waals surface area (Å²) in [5, 5.41) is 9.25. The molecule has 0 fully saturated rings. The molecule has 1 aliphatic rings. The Balaban J connectivity index is 2.28. The lowest BCUT2D eigenvalue weighted by molar-refractivity contribution is 0.0234. The number of carbonyl (C=O) groups is 2. The van der Waals surface area contributed by atoms with E-state index in [9.17, 15) is 14.7 Å². The van der Waals surface area contributed by atoms with Gasteiger partial charge in [0.2, 0.25) is 0 Å². The van der Waals surface area contributed by atoms with Crippen molar-refractivity contribution in [2.45, 2.75) is 52.8 Å². The lowest BCUT2D eigenvalue weighted by Gasteiger charge is -2.26. The van der Waals surface area contributed by atoms with Gasteiger partial charge in [0.25, 0.3) is 0 Å². The lowest BCUT2D eigenvalue weighted by atomic mass is 10.2. The Morgan fingerprint density at radius 3 is 2.52 bits per heavy atom. The van der Waals surface area contributed by atoms with Crippen LogP contribution in [0.2, 0.25) is 0 Å². The summed E-state index contributed by atoms with van der Waals surface area (Å²) in [5.41, 5.74) is 0.00106. The number of rotatable bonds is 1. The summed E-state index contributed by atoms with van der Waals surface area (Å²) >= 11 is 0. The van der Waals surface area contributed by atoms with E-state index in [2.05, 4.69) is 4.98 Å². The number of hydrogen-bond acceptors (Lipinski definition) is 4. The molecule has 2 heterocycles. The Morgan fingerprint density at radius 2 is 1.95 bits per heavy atom. The molecule has 0 atom stereocenters. The van der Waals surface area contributed by atoms with E-state index in [1.54, 1.807) is 27.7 Å². The summed E-state index contributed by atoms with van der Waals surface area (Å²) in [6.45, 7) is 8.59. The number of hydrogen-bond donors (Lipinski definition) is 1. The monoisotopic (exact) mass is 295 g/mol. The first-order valence-electron chi connectivity index (χ1n) is 6.96. The highest BCUT2D eigenvalue weighted by atomic mass is 16.6. The van der Waals surface area contributed by atoms with Crippen molar-refractivity contribution >= 4 is 12.1 Å². The molecule has 0 unspecified atom stereocenters. The van der Waals surface area contributed by atoms with Gasteiger partial charge in [-0.25, -0.2) is 14.6 Å². The fourth-order valence-electron chi connectivity index (χ4n) is 2.40. The molecule has 7 nitrogen and oxygen atoms in total. The first-order valence-corrected chi connectivity index (χ1v) is 6.96. The minimum atomic E-state index is -1.07. The van der Waals surface area contributed by atoms with Crippen molar-refractivity contribution in [3.8, 4) is 0 Å². The molecular weight excluding hydrogens is 274 g/mol. The Kier molecular flexibility index (Phi) is 3.93. The zero-order valence-electron chi connectivity index (χ0n) is 12.8. The van der Waals surface area contributed by atoms with Crippen LogP contribution in [0.15, 0.2) is 0 Å². The third-order valence-electron chi connectivity index (χ3n) is 3.27. The smallest absolute Gasteiger partial charge is 0.410 e. The molecule has 1 amide bonds. The van der Waals surface area contributed by atoms with E-state index < -0.39 is 17.7 Å². The minimum Gasteiger partial charge on any atom is -0.476 e. The molecule has 0 radical (unpaired) electrons. The molecular formula is C14H21N3O4. The average molecular weight is 295 g/mol. The number of nitrogens with zero attached hydrogens (tertiary/aromatic N) is 3. The molecule has 0 saturated carbocycles. The van der Waals surface area contributed by atoms with Gasteiger partial charge in [0.15, 0.2) is 5.69 Å². The summed E-state index contributed by atoms with van der Waals surface area (Å²) in [5.74, 6) is -0.411. The number of aromatic nitrogens is 2. The van der Waals surface area contributed by atoms with E-state index in [1.165, 1.54) is 4.90 Å². The zero-order chi connectivity index (χ0) is 15.8. The number of fused-ring (bicyclic) bond motifs is 1. The molecule has 1 aromatic heterocycles. The van der Waals surface area contributed by atoms with Gasteiger partial charge in [-0.15, -0.1) is 0 Å². The number of amides is 1. The number of carboxylic acids is 1. The number of carboxylic acid groups (broad SMARTS) is 1. The van der Waals surface area contributed by atoms with Crippen molar-refractivity contribution in [3.05, 3.63) is 17.2 Å². The van der Waals surface area contributed by atoms with Gasteiger partial charge in [-0.2, -0.15) is 0 Å². The maximum absolute atomic E-state index is 12.2. The number of ether oxygens (including phenoxy) is 1. The van der Waals surface area contributed by atoms with E-state index in [0.717, 1.165) is 6.42 Å². The van der Waals surface area contributed by atoms with Gasteiger partial charge in [0.1, 0.15) is 11.4 Å². The molecule has 21 heavy (non-hydrogen) atoms. The van der Waals surface area contributed by atoms with Crippen LogP contribution in [0.4, 0.5) is 4.79 Å². The van der Waals surface area contributed by atoms with Crippen LogP contribution in [-0.4, -0.2) is 43.8 Å². The zero-order valence-corrected chi connectivity index (χ0v) is 12.8. The van der Waals surface area contributed by atoms with E-state index in [1.807, 2.05) is 4.57 Å². The van der Waals surface area contributed by atoms with Gasteiger partial charge in [0, 0.05) is 13.1 Å². The molecule has 7 heteroatoms. The van der Waals surface area contributed by atoms with Crippen LogP contribution >= 0.6 is 0 Å². The van der Waals surface area contributed by atoms with E-state index in [-0.39, 0.29) is 12.2 Å². The van der Waals surface area contributed by atoms with Gasteiger partial charge < -0.3 is 19.3 Å². The third-order valence-corrected chi connectivity index (χ3v) is 3.27. The molecule has 0 bridgehead atoms. The van der Waals surface area contributed by atoms with Gasteiger partial charge in [-0.3, -0.25) is 0 Å². The maximum atomic E-state index is 12.2. The summed E-state index contributed by atoms with van der Waals surface area (Å²) < 4.78 is 7.23.